The van der Waals surface area contributed by atoms with Crippen LogP contribution >= 0.6 is 23.2 Å². The van der Waals surface area contributed by atoms with Crippen LogP contribution in [0.5, 0.6) is 5.88 Å². The highest BCUT2D eigenvalue weighted by molar-refractivity contribution is 6.40. The molecule has 0 saturated heterocycles. The maximum absolute atomic E-state index is 13.1. The molecule has 1 aliphatic heterocycles. The zero-order valence-electron chi connectivity index (χ0n) is 37.2. The molecular formula is C48H65Cl2N5O5. The SMILES string of the molecule is C=C1N(C)C=C(C(=O)Nc2cccc(-c3cccc(-c4cc5c(c(OC)n4)C(C)CC5)c3Cl)c2Cl)C(=O)N1C.CC[C@@H](C)CCC(CC)(CC)NC(=O)C(C)C(C)CCO. The molecule has 3 unspecified atom stereocenters. The minimum atomic E-state index is -0.575. The van der Waals surface area contributed by atoms with Crippen LogP contribution in [0.1, 0.15) is 110 Å². The lowest BCUT2D eigenvalue weighted by molar-refractivity contribution is -0.129. The number of anilines is 1. The number of fused-ring (bicyclic) bond motifs is 1. The fraction of sp³-hybridized carbons (Fsp3) is 0.500. The maximum atomic E-state index is 13.1. The molecular weight excluding hydrogens is 797 g/mol. The van der Waals surface area contributed by atoms with Crippen molar-refractivity contribution in [1.29, 1.82) is 0 Å². The Balaban J connectivity index is 0.000000323. The number of likely N-dealkylation sites (N-methyl/N-ethyl adjacent to an activating group) is 1. The molecule has 10 nitrogen and oxygen atoms in total. The molecule has 2 aromatic carbocycles. The fourth-order valence-electron chi connectivity index (χ4n) is 7.76. The molecule has 4 atom stereocenters. The van der Waals surface area contributed by atoms with Gasteiger partial charge >= 0.3 is 0 Å². The van der Waals surface area contributed by atoms with Gasteiger partial charge in [-0.25, -0.2) is 4.98 Å². The molecule has 60 heavy (non-hydrogen) atoms. The minimum absolute atomic E-state index is 0.0279. The van der Waals surface area contributed by atoms with E-state index in [0.29, 0.717) is 56.8 Å². The van der Waals surface area contributed by atoms with Crippen molar-refractivity contribution in [3.05, 3.63) is 87.8 Å². The monoisotopic (exact) mass is 861 g/mol. The smallest absolute Gasteiger partial charge is 0.266 e. The third kappa shape index (κ3) is 10.9. The van der Waals surface area contributed by atoms with E-state index in [0.717, 1.165) is 48.9 Å². The molecule has 3 aromatic rings. The highest BCUT2D eigenvalue weighted by atomic mass is 35.5. The van der Waals surface area contributed by atoms with Gasteiger partial charge in [0.2, 0.25) is 11.8 Å². The van der Waals surface area contributed by atoms with E-state index in [1.54, 1.807) is 38.2 Å². The third-order valence-electron chi connectivity index (χ3n) is 12.8. The topological polar surface area (TPSA) is 124 Å². The number of aromatic nitrogens is 1. The van der Waals surface area contributed by atoms with E-state index in [1.165, 1.54) is 29.5 Å². The molecule has 2 aliphatic rings. The summed E-state index contributed by atoms with van der Waals surface area (Å²) in [5, 5.41) is 15.9. The average Bonchev–Trinajstić information content (AvgIpc) is 3.63. The Kier molecular flexibility index (Phi) is 17.2. The van der Waals surface area contributed by atoms with Crippen molar-refractivity contribution < 1.29 is 24.2 Å². The summed E-state index contributed by atoms with van der Waals surface area (Å²) in [6.07, 6.45) is 9.54. The van der Waals surface area contributed by atoms with E-state index in [2.05, 4.69) is 57.9 Å². The van der Waals surface area contributed by atoms with Crippen molar-refractivity contribution in [3.63, 3.8) is 0 Å². The van der Waals surface area contributed by atoms with Crippen molar-refractivity contribution >= 4 is 46.6 Å². The highest BCUT2D eigenvalue weighted by Crippen LogP contribution is 2.44. The fourth-order valence-corrected chi connectivity index (χ4v) is 8.36. The summed E-state index contributed by atoms with van der Waals surface area (Å²) in [5.41, 5.74) is 5.45. The van der Waals surface area contributed by atoms with Gasteiger partial charge in [0.25, 0.3) is 11.8 Å². The first-order chi connectivity index (χ1) is 28.5. The average molecular weight is 863 g/mol. The first-order valence-corrected chi connectivity index (χ1v) is 22.0. The zero-order chi connectivity index (χ0) is 44.5. The molecule has 326 valence electrons. The van der Waals surface area contributed by atoms with Gasteiger partial charge in [0, 0.05) is 60.6 Å². The Morgan fingerprint density at radius 1 is 1.02 bits per heavy atom. The lowest BCUT2D eigenvalue weighted by atomic mass is 9.83. The number of pyridine rings is 1. The molecule has 1 aliphatic carbocycles. The molecule has 1 aromatic heterocycles. The molecule has 5 rings (SSSR count). The number of rotatable bonds is 16. The molecule has 0 spiro atoms. The second-order valence-electron chi connectivity index (χ2n) is 16.6. The number of halogens is 2. The molecule has 0 bridgehead atoms. The predicted molar refractivity (Wildman–Crippen MR) is 245 cm³/mol. The summed E-state index contributed by atoms with van der Waals surface area (Å²) in [6.45, 7) is 19.0. The van der Waals surface area contributed by atoms with Crippen LogP contribution in [0.4, 0.5) is 5.69 Å². The van der Waals surface area contributed by atoms with Crippen LogP contribution in [-0.2, 0) is 20.8 Å². The Hall–Kier alpha value is -4.38. The second-order valence-corrected chi connectivity index (χ2v) is 17.3. The van der Waals surface area contributed by atoms with Gasteiger partial charge in [-0.2, -0.15) is 0 Å². The molecule has 2 heterocycles. The highest BCUT2D eigenvalue weighted by Gasteiger charge is 2.32. The van der Waals surface area contributed by atoms with Gasteiger partial charge in [-0.3, -0.25) is 19.3 Å². The van der Waals surface area contributed by atoms with E-state index in [1.807, 2.05) is 38.1 Å². The summed E-state index contributed by atoms with van der Waals surface area (Å²) < 4.78 is 5.64. The van der Waals surface area contributed by atoms with Gasteiger partial charge in [0.1, 0.15) is 11.4 Å². The Morgan fingerprint density at radius 3 is 2.27 bits per heavy atom. The predicted octanol–water partition coefficient (Wildman–Crippen LogP) is 10.6. The van der Waals surface area contributed by atoms with Crippen LogP contribution in [-0.4, -0.2) is 71.0 Å². The molecule has 3 amide bonds. The van der Waals surface area contributed by atoms with Gasteiger partial charge in [0.15, 0.2) is 0 Å². The zero-order valence-corrected chi connectivity index (χ0v) is 38.7. The lowest BCUT2D eigenvalue weighted by Crippen LogP contribution is -2.50. The number of ether oxygens (including phenoxy) is 1. The number of hydrogen-bond donors (Lipinski definition) is 3. The van der Waals surface area contributed by atoms with Crippen molar-refractivity contribution in [2.75, 3.05) is 33.1 Å². The van der Waals surface area contributed by atoms with Crippen molar-refractivity contribution in [2.24, 2.45) is 17.8 Å². The van der Waals surface area contributed by atoms with Crippen LogP contribution < -0.4 is 15.4 Å². The third-order valence-corrected chi connectivity index (χ3v) is 13.6. The number of hydrogen-bond acceptors (Lipinski definition) is 7. The lowest BCUT2D eigenvalue weighted by Gasteiger charge is -2.36. The molecule has 0 saturated carbocycles. The molecule has 3 N–H and O–H groups in total. The van der Waals surface area contributed by atoms with E-state index >= 15 is 0 Å². The van der Waals surface area contributed by atoms with Gasteiger partial charge in [-0.05, 0) is 80.4 Å². The van der Waals surface area contributed by atoms with Crippen molar-refractivity contribution in [2.45, 2.75) is 111 Å². The van der Waals surface area contributed by atoms with Crippen LogP contribution in [0.2, 0.25) is 10.0 Å². The summed E-state index contributed by atoms with van der Waals surface area (Å²) in [4.78, 5) is 46.0. The van der Waals surface area contributed by atoms with Gasteiger partial charge in [-0.1, -0.05) is 115 Å². The number of carbonyl (C=O) groups is 3. The van der Waals surface area contributed by atoms with Crippen LogP contribution in [0, 0.1) is 17.8 Å². The van der Waals surface area contributed by atoms with Crippen molar-refractivity contribution in [3.8, 4) is 28.3 Å². The number of aliphatic hydroxyl groups is 1. The Labute approximate surface area is 367 Å². The Bertz CT molecular complexity index is 2060. The number of amides is 3. The quantitative estimate of drug-likeness (QED) is 0.123. The minimum Gasteiger partial charge on any atom is -0.481 e. The number of methoxy groups -OCH3 is 1. The van der Waals surface area contributed by atoms with Crippen LogP contribution in [0.25, 0.3) is 22.4 Å². The number of nitrogens with zero attached hydrogens (tertiary/aromatic N) is 3. The summed E-state index contributed by atoms with van der Waals surface area (Å²) in [7, 11) is 4.92. The van der Waals surface area contributed by atoms with E-state index in [4.69, 9.17) is 38.0 Å². The molecule has 0 fully saturated rings. The summed E-state index contributed by atoms with van der Waals surface area (Å²) in [5.74, 6) is 1.50. The molecule has 12 heteroatoms. The standard InChI is InChI=1S/C30H28Cl2N4O3.C18H37NO2/c1-16-12-13-18-14-24(34-29(39-5)25(16)18)21-10-6-8-19(26(21)31)20-9-7-11-23(27(20)32)33-28(37)22-15-35(3)17(2)36(4)30(22)38;1-7-14(4)10-12-18(8-2,9-3)19-17(21)16(6)15(5)11-13-20/h6-11,14-16H,2,12-13H2,1,3-5H3,(H,33,37);14-16,20H,7-13H2,1-6H3,(H,19,21)/t;14-,15?,16?/m.1/s1. The van der Waals surface area contributed by atoms with E-state index in [9.17, 15) is 14.4 Å². The maximum Gasteiger partial charge on any atom is 0.266 e. The normalized spacial score (nSPS) is 16.6. The summed E-state index contributed by atoms with van der Waals surface area (Å²) >= 11 is 13.8. The number of aryl methyl sites for hydroxylation is 1. The van der Waals surface area contributed by atoms with Gasteiger partial charge in [0.05, 0.1) is 28.5 Å². The number of nitrogens with one attached hydrogen (secondary N) is 2. The number of benzene rings is 2. The van der Waals surface area contributed by atoms with Crippen molar-refractivity contribution in [1.82, 2.24) is 20.1 Å². The largest absolute Gasteiger partial charge is 0.481 e. The number of aliphatic hydroxyl groups excluding tert-OH is 1. The Morgan fingerprint density at radius 2 is 1.65 bits per heavy atom. The van der Waals surface area contributed by atoms with Gasteiger partial charge < -0.3 is 25.4 Å². The van der Waals surface area contributed by atoms with Gasteiger partial charge in [-0.15, -0.1) is 0 Å². The second kappa shape index (κ2) is 21.4. The summed E-state index contributed by atoms with van der Waals surface area (Å²) in [6, 6.07) is 13.0. The first kappa shape index (κ1) is 48.3. The van der Waals surface area contributed by atoms with E-state index < -0.39 is 11.8 Å². The molecule has 0 radical (unpaired) electrons. The first-order valence-electron chi connectivity index (χ1n) is 21.3. The van der Waals surface area contributed by atoms with Crippen LogP contribution in [0.3, 0.4) is 0 Å². The van der Waals surface area contributed by atoms with E-state index in [-0.39, 0.29) is 35.5 Å². The van der Waals surface area contributed by atoms with Crippen LogP contribution in [0.15, 0.2) is 66.6 Å². The number of carbonyl (C=O) groups excluding carboxylic acids is 3.